The van der Waals surface area contributed by atoms with Crippen LogP contribution in [0.2, 0.25) is 0 Å². The molecule has 2 N–H and O–H groups in total. The van der Waals surface area contributed by atoms with Gasteiger partial charge in [0.25, 0.3) is 0 Å². The molecule has 148 valence electrons. The van der Waals surface area contributed by atoms with Crippen molar-refractivity contribution in [3.05, 3.63) is 23.8 Å². The Morgan fingerprint density at radius 2 is 1.92 bits per heavy atom. The largest absolute Gasteiger partial charge is 0.454 e. The number of nitrogens with zero attached hydrogens (tertiary/aromatic N) is 1. The minimum Gasteiger partial charge on any atom is -0.454 e. The predicted octanol–water partition coefficient (Wildman–Crippen LogP) is 2.71. The van der Waals surface area contributed by atoms with E-state index in [2.05, 4.69) is 20.4 Å². The molecule has 0 bridgehead atoms. The van der Waals surface area contributed by atoms with Crippen LogP contribution in [0.25, 0.3) is 0 Å². The van der Waals surface area contributed by atoms with Gasteiger partial charge in [-0.1, -0.05) is 6.07 Å². The van der Waals surface area contributed by atoms with Crippen molar-refractivity contribution in [1.29, 1.82) is 0 Å². The molecular formula is C16H23F3IN3O3. The van der Waals surface area contributed by atoms with Crippen molar-refractivity contribution in [2.45, 2.75) is 19.0 Å². The molecule has 1 aliphatic heterocycles. The third-order valence-corrected chi connectivity index (χ3v) is 3.39. The number of guanidine groups is 1. The summed E-state index contributed by atoms with van der Waals surface area (Å²) in [7, 11) is 1.63. The van der Waals surface area contributed by atoms with E-state index in [1.807, 2.05) is 18.2 Å². The average Bonchev–Trinajstić information content (AvgIpc) is 3.03. The van der Waals surface area contributed by atoms with Crippen molar-refractivity contribution in [2.75, 3.05) is 40.1 Å². The van der Waals surface area contributed by atoms with Crippen molar-refractivity contribution in [1.82, 2.24) is 10.6 Å². The van der Waals surface area contributed by atoms with E-state index in [4.69, 9.17) is 9.47 Å². The second kappa shape index (κ2) is 11.3. The number of benzene rings is 1. The lowest BCUT2D eigenvalue weighted by atomic mass is 10.1. The molecular weight excluding hydrogens is 466 g/mol. The molecule has 0 unspecified atom stereocenters. The van der Waals surface area contributed by atoms with Crippen LogP contribution in [0.4, 0.5) is 13.2 Å². The van der Waals surface area contributed by atoms with Gasteiger partial charge in [0.05, 0.1) is 0 Å². The molecule has 1 heterocycles. The number of fused-ring (bicyclic) bond motifs is 1. The molecule has 0 aromatic heterocycles. The number of hydrogen-bond acceptors (Lipinski definition) is 4. The normalized spacial score (nSPS) is 13.3. The van der Waals surface area contributed by atoms with Gasteiger partial charge in [0, 0.05) is 26.7 Å². The maximum atomic E-state index is 11.9. The maximum Gasteiger partial charge on any atom is 0.411 e. The fourth-order valence-electron chi connectivity index (χ4n) is 2.21. The highest BCUT2D eigenvalue weighted by atomic mass is 127. The van der Waals surface area contributed by atoms with Gasteiger partial charge in [0.1, 0.15) is 6.61 Å². The van der Waals surface area contributed by atoms with Gasteiger partial charge in [0.15, 0.2) is 17.5 Å². The Kier molecular flexibility index (Phi) is 9.84. The highest BCUT2D eigenvalue weighted by molar-refractivity contribution is 14.0. The zero-order chi connectivity index (χ0) is 18.1. The molecule has 2 rings (SSSR count). The lowest BCUT2D eigenvalue weighted by molar-refractivity contribution is -0.173. The molecule has 0 fully saturated rings. The van der Waals surface area contributed by atoms with Gasteiger partial charge in [-0.2, -0.15) is 13.2 Å². The number of halogens is 4. The zero-order valence-electron chi connectivity index (χ0n) is 14.4. The van der Waals surface area contributed by atoms with Crippen LogP contribution in [-0.2, 0) is 11.2 Å². The topological polar surface area (TPSA) is 64.1 Å². The molecule has 0 aliphatic carbocycles. The quantitative estimate of drug-likeness (QED) is 0.255. The number of alkyl halides is 3. The smallest absolute Gasteiger partial charge is 0.411 e. The summed E-state index contributed by atoms with van der Waals surface area (Å²) in [5, 5.41) is 6.17. The van der Waals surface area contributed by atoms with Gasteiger partial charge in [-0.25, -0.2) is 0 Å². The van der Waals surface area contributed by atoms with Crippen molar-refractivity contribution < 1.29 is 27.4 Å². The number of nitrogens with one attached hydrogen (secondary N) is 2. The molecule has 0 radical (unpaired) electrons. The van der Waals surface area contributed by atoms with Crippen molar-refractivity contribution in [3.63, 3.8) is 0 Å². The molecule has 6 nitrogen and oxygen atoms in total. The van der Waals surface area contributed by atoms with Gasteiger partial charge in [-0.15, -0.1) is 24.0 Å². The summed E-state index contributed by atoms with van der Waals surface area (Å²) in [6, 6.07) is 5.80. The minimum absolute atomic E-state index is 0. The summed E-state index contributed by atoms with van der Waals surface area (Å²) >= 11 is 0. The van der Waals surface area contributed by atoms with E-state index >= 15 is 0 Å². The average molecular weight is 489 g/mol. The Balaban J connectivity index is 0.00000338. The summed E-state index contributed by atoms with van der Waals surface area (Å²) in [5.41, 5.74) is 1.10. The van der Waals surface area contributed by atoms with Gasteiger partial charge in [0.2, 0.25) is 6.79 Å². The molecule has 1 aromatic rings. The van der Waals surface area contributed by atoms with E-state index in [0.29, 0.717) is 25.5 Å². The Bertz CT molecular complexity index is 586. The Hall–Kier alpha value is -1.43. The van der Waals surface area contributed by atoms with E-state index in [9.17, 15) is 13.2 Å². The highest BCUT2D eigenvalue weighted by Gasteiger charge is 2.27. The van der Waals surface area contributed by atoms with E-state index in [1.165, 1.54) is 0 Å². The summed E-state index contributed by atoms with van der Waals surface area (Å²) in [4.78, 5) is 4.06. The van der Waals surface area contributed by atoms with E-state index in [0.717, 1.165) is 23.5 Å². The predicted molar refractivity (Wildman–Crippen MR) is 103 cm³/mol. The van der Waals surface area contributed by atoms with Crippen LogP contribution in [0, 0.1) is 0 Å². The standard InChI is InChI=1S/C16H22F3N3O3.HI/c1-20-15(21-6-2-8-23-10-16(17,18)19)22-7-5-12-3-4-13-14(9-12)25-11-24-13;/h3-4,9H,2,5-8,10-11H2,1H3,(H2,20,21,22);1H. The first-order chi connectivity index (χ1) is 12.0. The lowest BCUT2D eigenvalue weighted by Gasteiger charge is -2.12. The number of aliphatic imine (C=N–C) groups is 1. The van der Waals surface area contributed by atoms with Crippen LogP contribution in [0.1, 0.15) is 12.0 Å². The SMILES string of the molecule is CN=C(NCCCOCC(F)(F)F)NCCc1ccc2c(c1)OCO2.I. The molecule has 1 aliphatic rings. The molecule has 0 saturated heterocycles. The Labute approximate surface area is 167 Å². The van der Waals surface area contributed by atoms with Gasteiger partial charge < -0.3 is 24.8 Å². The van der Waals surface area contributed by atoms with Crippen molar-refractivity contribution >= 4 is 29.9 Å². The van der Waals surface area contributed by atoms with Crippen molar-refractivity contribution in [3.8, 4) is 11.5 Å². The monoisotopic (exact) mass is 489 g/mol. The van der Waals surface area contributed by atoms with Crippen molar-refractivity contribution in [2.24, 2.45) is 4.99 Å². The first kappa shape index (κ1) is 22.6. The van der Waals surface area contributed by atoms with Crippen LogP contribution < -0.4 is 20.1 Å². The maximum absolute atomic E-state index is 11.9. The Morgan fingerprint density at radius 3 is 2.65 bits per heavy atom. The summed E-state index contributed by atoms with van der Waals surface area (Å²) < 4.78 is 50.9. The number of rotatable bonds is 8. The van der Waals surface area contributed by atoms with Gasteiger partial charge in [-0.3, -0.25) is 4.99 Å². The van der Waals surface area contributed by atoms with Crippen LogP contribution >= 0.6 is 24.0 Å². The van der Waals surface area contributed by atoms with E-state index < -0.39 is 12.8 Å². The summed E-state index contributed by atoms with van der Waals surface area (Å²) in [6.07, 6.45) is -3.05. The minimum atomic E-state index is -4.28. The third kappa shape index (κ3) is 8.30. The Morgan fingerprint density at radius 1 is 1.19 bits per heavy atom. The van der Waals surface area contributed by atoms with Crippen LogP contribution in [-0.4, -0.2) is 52.3 Å². The number of ether oxygens (including phenoxy) is 3. The summed E-state index contributed by atoms with van der Waals surface area (Å²) in [5.74, 6) is 2.09. The molecule has 0 atom stereocenters. The van der Waals surface area contributed by atoms with E-state index in [-0.39, 0.29) is 37.4 Å². The van der Waals surface area contributed by atoms with Gasteiger partial charge in [-0.05, 0) is 30.5 Å². The molecule has 10 heteroatoms. The second-order valence-corrected chi connectivity index (χ2v) is 5.38. The fourth-order valence-corrected chi connectivity index (χ4v) is 2.21. The van der Waals surface area contributed by atoms with E-state index in [1.54, 1.807) is 7.05 Å². The molecule has 0 saturated carbocycles. The second-order valence-electron chi connectivity index (χ2n) is 5.38. The number of hydrogen-bond donors (Lipinski definition) is 2. The molecule has 26 heavy (non-hydrogen) atoms. The molecule has 1 aromatic carbocycles. The molecule has 0 amide bonds. The zero-order valence-corrected chi connectivity index (χ0v) is 16.7. The third-order valence-electron chi connectivity index (χ3n) is 3.39. The highest BCUT2D eigenvalue weighted by Crippen LogP contribution is 2.32. The van der Waals surface area contributed by atoms with Crippen LogP contribution in [0.15, 0.2) is 23.2 Å². The van der Waals surface area contributed by atoms with Crippen LogP contribution in [0.3, 0.4) is 0 Å². The first-order valence-corrected chi connectivity index (χ1v) is 7.95. The first-order valence-electron chi connectivity index (χ1n) is 7.95. The molecule has 0 spiro atoms. The van der Waals surface area contributed by atoms with Gasteiger partial charge >= 0.3 is 6.18 Å². The fraction of sp³-hybridized carbons (Fsp3) is 0.562. The summed E-state index contributed by atoms with van der Waals surface area (Å²) in [6.45, 7) is 0.210. The van der Waals surface area contributed by atoms with Crippen LogP contribution in [0.5, 0.6) is 11.5 Å². The lowest BCUT2D eigenvalue weighted by Crippen LogP contribution is -2.39.